The lowest BCUT2D eigenvalue weighted by Crippen LogP contribution is -2.50. The van der Waals surface area contributed by atoms with Gasteiger partial charge in [0.1, 0.15) is 5.54 Å². The Morgan fingerprint density at radius 3 is 2.93 bits per heavy atom. The van der Waals surface area contributed by atoms with E-state index in [1.165, 1.54) is 12.8 Å². The number of ether oxygens (including phenoxy) is 1. The quantitative estimate of drug-likeness (QED) is 0.739. The Kier molecular flexibility index (Phi) is 2.76. The summed E-state index contributed by atoms with van der Waals surface area (Å²) in [6.45, 7) is 3.77. The summed E-state index contributed by atoms with van der Waals surface area (Å²) in [5, 5.41) is 12.7. The number of hydrogen-bond donors (Lipinski definition) is 1. The average molecular weight is 194 g/mol. The van der Waals surface area contributed by atoms with Gasteiger partial charge in [-0.1, -0.05) is 0 Å². The standard InChI is InChI=1S/C11H18N2O/c1-9-6-11(8-12,4-5-14-9)13-7-10-2-3-10/h9-10,13H,2-7H2,1H3. The third kappa shape index (κ3) is 2.26. The highest BCUT2D eigenvalue weighted by atomic mass is 16.5. The molecule has 2 unspecified atom stereocenters. The highest BCUT2D eigenvalue weighted by Gasteiger charge is 2.36. The highest BCUT2D eigenvalue weighted by molar-refractivity contribution is 5.09. The van der Waals surface area contributed by atoms with Crippen LogP contribution in [0.4, 0.5) is 0 Å². The number of hydrogen-bond acceptors (Lipinski definition) is 3. The molecule has 0 spiro atoms. The maximum absolute atomic E-state index is 9.22. The first-order valence-corrected chi connectivity index (χ1v) is 5.52. The third-order valence-electron chi connectivity index (χ3n) is 3.21. The van der Waals surface area contributed by atoms with E-state index in [0.29, 0.717) is 6.61 Å². The average Bonchev–Trinajstić information content (AvgIpc) is 2.98. The Bertz CT molecular complexity index is 244. The van der Waals surface area contributed by atoms with Gasteiger partial charge in [-0.25, -0.2) is 0 Å². The smallest absolute Gasteiger partial charge is 0.111 e. The first kappa shape index (κ1) is 9.95. The molecule has 2 atom stereocenters. The minimum absolute atomic E-state index is 0.218. The second kappa shape index (κ2) is 3.88. The van der Waals surface area contributed by atoms with Crippen molar-refractivity contribution in [1.29, 1.82) is 5.26 Å². The van der Waals surface area contributed by atoms with Crippen molar-refractivity contribution in [3.8, 4) is 6.07 Å². The lowest BCUT2D eigenvalue weighted by molar-refractivity contribution is -0.00337. The first-order chi connectivity index (χ1) is 6.74. The minimum atomic E-state index is -0.305. The van der Waals surface area contributed by atoms with E-state index in [0.717, 1.165) is 25.3 Å². The fourth-order valence-corrected chi connectivity index (χ4v) is 2.05. The van der Waals surface area contributed by atoms with E-state index in [4.69, 9.17) is 4.74 Å². The van der Waals surface area contributed by atoms with E-state index >= 15 is 0 Å². The lowest BCUT2D eigenvalue weighted by atomic mass is 9.88. The van der Waals surface area contributed by atoms with Crippen molar-refractivity contribution >= 4 is 0 Å². The largest absolute Gasteiger partial charge is 0.378 e. The van der Waals surface area contributed by atoms with Crippen LogP contribution in [0.25, 0.3) is 0 Å². The van der Waals surface area contributed by atoms with Crippen LogP contribution in [0.5, 0.6) is 0 Å². The molecule has 0 bridgehead atoms. The molecular weight excluding hydrogens is 176 g/mol. The molecular formula is C11H18N2O. The van der Waals surface area contributed by atoms with E-state index in [2.05, 4.69) is 11.4 Å². The summed E-state index contributed by atoms with van der Waals surface area (Å²) in [5.41, 5.74) is -0.305. The Labute approximate surface area is 85.4 Å². The summed E-state index contributed by atoms with van der Waals surface area (Å²) in [6.07, 6.45) is 4.55. The van der Waals surface area contributed by atoms with Crippen LogP contribution in [0, 0.1) is 17.2 Å². The summed E-state index contributed by atoms with van der Waals surface area (Å²) in [4.78, 5) is 0. The first-order valence-electron chi connectivity index (χ1n) is 5.52. The molecule has 0 radical (unpaired) electrons. The zero-order valence-corrected chi connectivity index (χ0v) is 8.75. The van der Waals surface area contributed by atoms with E-state index in [1.807, 2.05) is 6.92 Å². The molecule has 14 heavy (non-hydrogen) atoms. The number of nitriles is 1. The normalized spacial score (nSPS) is 37.9. The maximum atomic E-state index is 9.22. The van der Waals surface area contributed by atoms with E-state index in [-0.39, 0.29) is 11.6 Å². The van der Waals surface area contributed by atoms with Crippen LogP contribution in [0.3, 0.4) is 0 Å². The van der Waals surface area contributed by atoms with Crippen molar-refractivity contribution in [3.05, 3.63) is 0 Å². The van der Waals surface area contributed by atoms with Crippen LogP contribution in [0.15, 0.2) is 0 Å². The molecule has 1 N–H and O–H groups in total. The number of nitrogens with zero attached hydrogens (tertiary/aromatic N) is 1. The summed E-state index contributed by atoms with van der Waals surface area (Å²) in [7, 11) is 0. The monoisotopic (exact) mass is 194 g/mol. The van der Waals surface area contributed by atoms with Gasteiger partial charge in [0.25, 0.3) is 0 Å². The Morgan fingerprint density at radius 1 is 1.57 bits per heavy atom. The zero-order chi connectivity index (χ0) is 10.0. The molecule has 2 aliphatic rings. The zero-order valence-electron chi connectivity index (χ0n) is 8.75. The number of nitrogens with one attached hydrogen (secondary N) is 1. The molecule has 3 nitrogen and oxygen atoms in total. The van der Waals surface area contributed by atoms with Gasteiger partial charge in [-0.2, -0.15) is 5.26 Å². The molecule has 78 valence electrons. The van der Waals surface area contributed by atoms with Gasteiger partial charge < -0.3 is 4.74 Å². The van der Waals surface area contributed by atoms with Crippen molar-refractivity contribution < 1.29 is 4.74 Å². The summed E-state index contributed by atoms with van der Waals surface area (Å²) >= 11 is 0. The van der Waals surface area contributed by atoms with Crippen molar-refractivity contribution in [1.82, 2.24) is 5.32 Å². The van der Waals surface area contributed by atoms with Crippen LogP contribution in [-0.4, -0.2) is 24.8 Å². The number of rotatable bonds is 3. The van der Waals surface area contributed by atoms with Gasteiger partial charge in [-0.05, 0) is 32.2 Å². The van der Waals surface area contributed by atoms with E-state index in [1.54, 1.807) is 0 Å². The fraction of sp³-hybridized carbons (Fsp3) is 0.909. The van der Waals surface area contributed by atoms with Gasteiger partial charge in [0.05, 0.1) is 12.2 Å². The van der Waals surface area contributed by atoms with Gasteiger partial charge in [0, 0.05) is 19.4 Å². The van der Waals surface area contributed by atoms with Gasteiger partial charge in [-0.15, -0.1) is 0 Å². The van der Waals surface area contributed by atoms with Crippen LogP contribution in [0.1, 0.15) is 32.6 Å². The predicted octanol–water partition coefficient (Wildman–Crippen LogP) is 1.45. The van der Waals surface area contributed by atoms with Gasteiger partial charge in [0.2, 0.25) is 0 Å². The molecule has 2 fully saturated rings. The molecule has 3 heteroatoms. The second-order valence-electron chi connectivity index (χ2n) is 4.65. The van der Waals surface area contributed by atoms with Crippen LogP contribution >= 0.6 is 0 Å². The SMILES string of the molecule is CC1CC(C#N)(NCC2CC2)CCO1. The van der Waals surface area contributed by atoms with Gasteiger partial charge >= 0.3 is 0 Å². The molecule has 1 heterocycles. The highest BCUT2D eigenvalue weighted by Crippen LogP contribution is 2.30. The third-order valence-corrected chi connectivity index (χ3v) is 3.21. The van der Waals surface area contributed by atoms with Crippen LogP contribution in [-0.2, 0) is 4.74 Å². The van der Waals surface area contributed by atoms with Crippen molar-refractivity contribution in [2.24, 2.45) is 5.92 Å². The minimum Gasteiger partial charge on any atom is -0.378 e. The predicted molar refractivity (Wildman–Crippen MR) is 53.7 cm³/mol. The molecule has 0 aromatic carbocycles. The summed E-state index contributed by atoms with van der Waals surface area (Å²) < 4.78 is 5.47. The molecule has 1 aliphatic heterocycles. The topological polar surface area (TPSA) is 45.0 Å². The summed E-state index contributed by atoms with van der Waals surface area (Å²) in [5.74, 6) is 0.832. The molecule has 0 amide bonds. The maximum Gasteiger partial charge on any atom is 0.111 e. The Hall–Kier alpha value is -0.590. The second-order valence-corrected chi connectivity index (χ2v) is 4.65. The van der Waals surface area contributed by atoms with Gasteiger partial charge in [0.15, 0.2) is 0 Å². The molecule has 1 saturated carbocycles. The van der Waals surface area contributed by atoms with Crippen LogP contribution in [0.2, 0.25) is 0 Å². The van der Waals surface area contributed by atoms with E-state index < -0.39 is 0 Å². The van der Waals surface area contributed by atoms with Gasteiger partial charge in [-0.3, -0.25) is 5.32 Å². The Morgan fingerprint density at radius 2 is 2.36 bits per heavy atom. The molecule has 1 aliphatic carbocycles. The molecule has 2 rings (SSSR count). The molecule has 0 aromatic rings. The van der Waals surface area contributed by atoms with Crippen molar-refractivity contribution in [3.63, 3.8) is 0 Å². The summed E-state index contributed by atoms with van der Waals surface area (Å²) in [6, 6.07) is 2.44. The van der Waals surface area contributed by atoms with Crippen molar-refractivity contribution in [2.45, 2.75) is 44.2 Å². The van der Waals surface area contributed by atoms with Crippen molar-refractivity contribution in [2.75, 3.05) is 13.2 Å². The van der Waals surface area contributed by atoms with Crippen LogP contribution < -0.4 is 5.32 Å². The lowest BCUT2D eigenvalue weighted by Gasteiger charge is -2.35. The van der Waals surface area contributed by atoms with E-state index in [9.17, 15) is 5.26 Å². The molecule has 0 aromatic heterocycles. The fourth-order valence-electron chi connectivity index (χ4n) is 2.05. The molecule has 1 saturated heterocycles. The Balaban J connectivity index is 1.89.